The quantitative estimate of drug-likeness (QED) is 0.602. The Labute approximate surface area is 172 Å². The summed E-state index contributed by atoms with van der Waals surface area (Å²) in [4.78, 5) is 41.1. The first-order chi connectivity index (χ1) is 14.6. The molecular formula is C21H21N5O4. The summed E-state index contributed by atoms with van der Waals surface area (Å²) in [5.74, 6) is -0.295. The Kier molecular flexibility index (Phi) is 5.42. The van der Waals surface area contributed by atoms with Crippen molar-refractivity contribution in [3.8, 4) is 11.4 Å². The molecule has 154 valence electrons. The zero-order valence-corrected chi connectivity index (χ0v) is 16.4. The molecular weight excluding hydrogens is 386 g/mol. The fourth-order valence-electron chi connectivity index (χ4n) is 3.12. The van der Waals surface area contributed by atoms with Crippen molar-refractivity contribution < 1.29 is 14.3 Å². The minimum atomic E-state index is -0.421. The normalized spacial score (nSPS) is 13.1. The number of pyridine rings is 1. The van der Waals surface area contributed by atoms with E-state index in [1.165, 1.54) is 4.68 Å². The average Bonchev–Trinajstić information content (AvgIpc) is 3.54. The third-order valence-corrected chi connectivity index (χ3v) is 4.68. The van der Waals surface area contributed by atoms with E-state index in [1.807, 2.05) is 6.07 Å². The van der Waals surface area contributed by atoms with Gasteiger partial charge in [0.1, 0.15) is 6.54 Å². The Morgan fingerprint density at radius 1 is 1.20 bits per heavy atom. The number of hydrogen-bond acceptors (Lipinski definition) is 6. The van der Waals surface area contributed by atoms with Crippen LogP contribution in [-0.2, 0) is 16.1 Å². The lowest BCUT2D eigenvalue weighted by Gasteiger charge is -2.06. The maximum Gasteiger partial charge on any atom is 0.346 e. The van der Waals surface area contributed by atoms with Gasteiger partial charge in [-0.1, -0.05) is 0 Å². The molecule has 9 nitrogen and oxygen atoms in total. The molecule has 1 aliphatic carbocycles. The Hall–Kier alpha value is -3.75. The minimum Gasteiger partial charge on any atom is -0.462 e. The van der Waals surface area contributed by atoms with Gasteiger partial charge in [0.25, 0.3) is 0 Å². The van der Waals surface area contributed by atoms with Crippen LogP contribution >= 0.6 is 0 Å². The van der Waals surface area contributed by atoms with Crippen LogP contribution in [0.3, 0.4) is 0 Å². The van der Waals surface area contributed by atoms with Gasteiger partial charge in [0.2, 0.25) is 5.91 Å². The molecule has 2 heterocycles. The Morgan fingerprint density at radius 3 is 2.60 bits per heavy atom. The maximum absolute atomic E-state index is 12.8. The number of carbonyl (C=O) groups excluding carboxylic acids is 2. The van der Waals surface area contributed by atoms with Gasteiger partial charge in [-0.15, -0.1) is 5.10 Å². The van der Waals surface area contributed by atoms with Crippen molar-refractivity contribution in [2.24, 2.45) is 0 Å². The van der Waals surface area contributed by atoms with Gasteiger partial charge in [-0.3, -0.25) is 14.3 Å². The molecule has 0 unspecified atom stereocenters. The van der Waals surface area contributed by atoms with Crippen LogP contribution in [0.4, 0.5) is 5.69 Å². The van der Waals surface area contributed by atoms with Crippen LogP contribution in [-0.4, -0.2) is 37.8 Å². The number of carbonyl (C=O) groups is 2. The number of ether oxygens (including phenoxy) is 1. The summed E-state index contributed by atoms with van der Waals surface area (Å²) < 4.78 is 7.74. The number of hydrogen-bond donors (Lipinski definition) is 1. The highest BCUT2D eigenvalue weighted by Gasteiger charge is 2.30. The van der Waals surface area contributed by atoms with Crippen molar-refractivity contribution in [1.29, 1.82) is 0 Å². The fourth-order valence-corrected chi connectivity index (χ4v) is 3.12. The molecule has 0 radical (unpaired) electrons. The lowest BCUT2D eigenvalue weighted by molar-refractivity contribution is -0.117. The molecule has 1 fully saturated rings. The summed E-state index contributed by atoms with van der Waals surface area (Å²) >= 11 is 0. The van der Waals surface area contributed by atoms with Crippen LogP contribution in [0.15, 0.2) is 53.6 Å². The average molecular weight is 407 g/mol. The van der Waals surface area contributed by atoms with Gasteiger partial charge < -0.3 is 10.1 Å². The molecule has 0 aliphatic heterocycles. The van der Waals surface area contributed by atoms with Gasteiger partial charge in [-0.05, 0) is 56.2 Å². The summed E-state index contributed by atoms with van der Waals surface area (Å²) in [5, 5.41) is 7.10. The van der Waals surface area contributed by atoms with E-state index >= 15 is 0 Å². The summed E-state index contributed by atoms with van der Waals surface area (Å²) in [6.45, 7) is 1.81. The van der Waals surface area contributed by atoms with Crippen LogP contribution in [0.2, 0.25) is 0 Å². The number of rotatable bonds is 7. The predicted octanol–water partition coefficient (Wildman–Crippen LogP) is 2.26. The molecule has 1 N–H and O–H groups in total. The number of anilines is 1. The van der Waals surface area contributed by atoms with Crippen LogP contribution in [0.1, 0.15) is 36.2 Å². The summed E-state index contributed by atoms with van der Waals surface area (Å²) in [6.07, 6.45) is 5.13. The lowest BCUT2D eigenvalue weighted by Crippen LogP contribution is -2.30. The van der Waals surface area contributed by atoms with Gasteiger partial charge in [-0.25, -0.2) is 14.3 Å². The van der Waals surface area contributed by atoms with Crippen molar-refractivity contribution in [2.45, 2.75) is 32.4 Å². The van der Waals surface area contributed by atoms with Gasteiger partial charge in [0.05, 0.1) is 12.2 Å². The van der Waals surface area contributed by atoms with E-state index in [0.717, 1.165) is 18.4 Å². The number of benzene rings is 1. The van der Waals surface area contributed by atoms with Crippen molar-refractivity contribution in [2.75, 3.05) is 11.9 Å². The number of aromatic nitrogens is 4. The first kappa shape index (κ1) is 19.6. The summed E-state index contributed by atoms with van der Waals surface area (Å²) in [6, 6.07) is 10.1. The molecule has 1 aromatic carbocycles. The molecule has 1 saturated carbocycles. The van der Waals surface area contributed by atoms with E-state index in [1.54, 1.807) is 54.2 Å². The lowest BCUT2D eigenvalue weighted by atomic mass is 10.2. The molecule has 30 heavy (non-hydrogen) atoms. The highest BCUT2D eigenvalue weighted by atomic mass is 16.5. The van der Waals surface area contributed by atoms with Gasteiger partial charge in [0, 0.05) is 29.7 Å². The molecule has 3 aromatic rings. The molecule has 0 atom stereocenters. The zero-order valence-electron chi connectivity index (χ0n) is 16.4. The predicted molar refractivity (Wildman–Crippen MR) is 109 cm³/mol. The number of amides is 1. The Balaban J connectivity index is 1.50. The molecule has 1 aliphatic rings. The van der Waals surface area contributed by atoms with E-state index in [4.69, 9.17) is 4.74 Å². The largest absolute Gasteiger partial charge is 0.462 e. The van der Waals surface area contributed by atoms with Gasteiger partial charge in [0.15, 0.2) is 5.82 Å². The molecule has 4 rings (SSSR count). The standard InChI is InChI=1S/C21H21N5O4/c1-2-30-20(28)14-5-7-16(8-6-14)23-18(27)13-25-21(29)26(17-9-10-17)19(24-25)15-4-3-11-22-12-15/h3-8,11-12,17H,2,9-10,13H2,1H3,(H,23,27). The second kappa shape index (κ2) is 8.32. The summed E-state index contributed by atoms with van der Waals surface area (Å²) in [7, 11) is 0. The molecule has 0 saturated heterocycles. The van der Waals surface area contributed by atoms with Crippen LogP contribution in [0.25, 0.3) is 11.4 Å². The molecule has 0 bridgehead atoms. The van der Waals surface area contributed by atoms with Gasteiger partial charge >= 0.3 is 11.7 Å². The van der Waals surface area contributed by atoms with Crippen molar-refractivity contribution in [1.82, 2.24) is 19.3 Å². The van der Waals surface area contributed by atoms with E-state index in [0.29, 0.717) is 23.7 Å². The molecule has 9 heteroatoms. The third-order valence-electron chi connectivity index (χ3n) is 4.68. The SMILES string of the molecule is CCOC(=O)c1ccc(NC(=O)Cn2nc(-c3cccnc3)n(C3CC3)c2=O)cc1. The van der Waals surface area contributed by atoms with E-state index < -0.39 is 5.97 Å². The van der Waals surface area contributed by atoms with Crippen LogP contribution in [0.5, 0.6) is 0 Å². The van der Waals surface area contributed by atoms with E-state index in [9.17, 15) is 14.4 Å². The second-order valence-electron chi connectivity index (χ2n) is 6.95. The monoisotopic (exact) mass is 407 g/mol. The Bertz CT molecular complexity index is 1110. The number of esters is 1. The van der Waals surface area contributed by atoms with Crippen molar-refractivity contribution in [3.63, 3.8) is 0 Å². The molecule has 0 spiro atoms. The highest BCUT2D eigenvalue weighted by molar-refractivity contribution is 5.93. The topological polar surface area (TPSA) is 108 Å². The number of nitrogens with zero attached hydrogens (tertiary/aromatic N) is 4. The Morgan fingerprint density at radius 2 is 1.97 bits per heavy atom. The first-order valence-corrected chi connectivity index (χ1v) is 9.73. The zero-order chi connectivity index (χ0) is 21.1. The first-order valence-electron chi connectivity index (χ1n) is 9.73. The third kappa shape index (κ3) is 4.14. The van der Waals surface area contributed by atoms with E-state index in [-0.39, 0.29) is 24.2 Å². The van der Waals surface area contributed by atoms with Crippen LogP contribution in [0, 0.1) is 0 Å². The molecule has 1 amide bonds. The van der Waals surface area contributed by atoms with Gasteiger partial charge in [-0.2, -0.15) is 0 Å². The minimum absolute atomic E-state index is 0.111. The highest BCUT2D eigenvalue weighted by Crippen LogP contribution is 2.36. The molecule has 2 aromatic heterocycles. The maximum atomic E-state index is 12.8. The number of nitrogens with one attached hydrogen (secondary N) is 1. The summed E-state index contributed by atoms with van der Waals surface area (Å²) in [5.41, 5.74) is 1.32. The van der Waals surface area contributed by atoms with Crippen molar-refractivity contribution >= 4 is 17.6 Å². The van der Waals surface area contributed by atoms with E-state index in [2.05, 4.69) is 15.4 Å². The van der Waals surface area contributed by atoms with Crippen molar-refractivity contribution in [3.05, 3.63) is 64.8 Å². The smallest absolute Gasteiger partial charge is 0.346 e. The fraction of sp³-hybridized carbons (Fsp3) is 0.286. The van der Waals surface area contributed by atoms with Crippen LogP contribution < -0.4 is 11.0 Å². The second-order valence-corrected chi connectivity index (χ2v) is 6.95.